The molecule has 1 saturated carbocycles. The van der Waals surface area contributed by atoms with Crippen molar-refractivity contribution in [2.75, 3.05) is 13.1 Å². The molecule has 0 amide bonds. The van der Waals surface area contributed by atoms with E-state index in [0.717, 1.165) is 19.0 Å². The van der Waals surface area contributed by atoms with Crippen LogP contribution >= 0.6 is 0 Å². The molecule has 0 radical (unpaired) electrons. The van der Waals surface area contributed by atoms with E-state index in [4.69, 9.17) is 0 Å². The van der Waals surface area contributed by atoms with E-state index in [2.05, 4.69) is 35.4 Å². The van der Waals surface area contributed by atoms with Crippen LogP contribution in [0.4, 0.5) is 0 Å². The van der Waals surface area contributed by atoms with Crippen LogP contribution < -0.4 is 5.32 Å². The summed E-state index contributed by atoms with van der Waals surface area (Å²) >= 11 is 0. The highest BCUT2D eigenvalue weighted by molar-refractivity contribution is 5.07. The summed E-state index contributed by atoms with van der Waals surface area (Å²) in [4.78, 5) is 2.61. The third-order valence-electron chi connectivity index (χ3n) is 4.39. The predicted octanol–water partition coefficient (Wildman–Crippen LogP) is 1.38. The highest BCUT2D eigenvalue weighted by Gasteiger charge is 2.40. The van der Waals surface area contributed by atoms with Gasteiger partial charge < -0.3 is 5.32 Å². The predicted molar refractivity (Wildman–Crippen MR) is 72.2 cm³/mol. The molecule has 1 aliphatic heterocycles. The van der Waals surface area contributed by atoms with Crippen LogP contribution in [0.5, 0.6) is 0 Å². The summed E-state index contributed by atoms with van der Waals surface area (Å²) in [5, 5.41) is 8.00. The SMILES string of the molecule is Cn1cc(CN2CC(C3CC3)NCC2(C)C)cn1. The van der Waals surface area contributed by atoms with Crippen LogP contribution in [0.25, 0.3) is 0 Å². The van der Waals surface area contributed by atoms with Crippen molar-refractivity contribution < 1.29 is 0 Å². The van der Waals surface area contributed by atoms with Gasteiger partial charge in [-0.05, 0) is 32.6 Å². The molecule has 1 atom stereocenters. The minimum absolute atomic E-state index is 0.237. The second-order valence-corrected chi connectivity index (χ2v) is 6.54. The molecule has 1 saturated heterocycles. The van der Waals surface area contributed by atoms with E-state index in [-0.39, 0.29) is 5.54 Å². The number of piperazine rings is 1. The molecule has 0 aromatic carbocycles. The quantitative estimate of drug-likeness (QED) is 0.877. The van der Waals surface area contributed by atoms with Gasteiger partial charge in [-0.1, -0.05) is 0 Å². The molecular formula is C14H24N4. The van der Waals surface area contributed by atoms with Crippen LogP contribution in [0, 0.1) is 5.92 Å². The number of nitrogens with zero attached hydrogens (tertiary/aromatic N) is 3. The third-order valence-corrected chi connectivity index (χ3v) is 4.39. The molecule has 1 N–H and O–H groups in total. The molecule has 0 spiro atoms. The van der Waals surface area contributed by atoms with Gasteiger partial charge in [0.2, 0.25) is 0 Å². The first-order valence-electron chi connectivity index (χ1n) is 7.00. The van der Waals surface area contributed by atoms with Crippen molar-refractivity contribution >= 4 is 0 Å². The minimum Gasteiger partial charge on any atom is -0.311 e. The summed E-state index contributed by atoms with van der Waals surface area (Å²) in [6.07, 6.45) is 6.95. The molecule has 2 heterocycles. The smallest absolute Gasteiger partial charge is 0.0534 e. The lowest BCUT2D eigenvalue weighted by atomic mass is 9.95. The average Bonchev–Trinajstić information content (AvgIpc) is 3.06. The van der Waals surface area contributed by atoms with Crippen molar-refractivity contribution in [1.29, 1.82) is 0 Å². The molecule has 1 aromatic rings. The number of nitrogens with one attached hydrogen (secondary N) is 1. The van der Waals surface area contributed by atoms with Crippen LogP contribution in [-0.4, -0.2) is 39.4 Å². The fourth-order valence-corrected chi connectivity index (χ4v) is 2.91. The first kappa shape index (κ1) is 12.2. The van der Waals surface area contributed by atoms with Gasteiger partial charge in [0.1, 0.15) is 0 Å². The highest BCUT2D eigenvalue weighted by Crippen LogP contribution is 2.36. The fraction of sp³-hybridized carbons (Fsp3) is 0.786. The molecule has 3 rings (SSSR count). The summed E-state index contributed by atoms with van der Waals surface area (Å²) in [7, 11) is 1.99. The largest absolute Gasteiger partial charge is 0.311 e. The maximum atomic E-state index is 4.27. The maximum absolute atomic E-state index is 4.27. The Balaban J connectivity index is 1.70. The Bertz CT molecular complexity index is 419. The van der Waals surface area contributed by atoms with E-state index >= 15 is 0 Å². The van der Waals surface area contributed by atoms with Crippen molar-refractivity contribution in [2.45, 2.75) is 44.8 Å². The van der Waals surface area contributed by atoms with E-state index in [1.54, 1.807) is 0 Å². The van der Waals surface area contributed by atoms with E-state index in [0.29, 0.717) is 6.04 Å². The second-order valence-electron chi connectivity index (χ2n) is 6.54. The summed E-state index contributed by atoms with van der Waals surface area (Å²) in [6.45, 7) is 7.95. The molecule has 1 aliphatic carbocycles. The number of hydrogen-bond acceptors (Lipinski definition) is 3. The Morgan fingerprint density at radius 2 is 2.22 bits per heavy atom. The fourth-order valence-electron chi connectivity index (χ4n) is 2.91. The lowest BCUT2D eigenvalue weighted by Crippen LogP contribution is -2.62. The van der Waals surface area contributed by atoms with Crippen molar-refractivity contribution in [2.24, 2.45) is 13.0 Å². The van der Waals surface area contributed by atoms with Gasteiger partial charge in [-0.25, -0.2) is 0 Å². The number of hydrogen-bond donors (Lipinski definition) is 1. The zero-order chi connectivity index (χ0) is 12.8. The minimum atomic E-state index is 0.237. The lowest BCUT2D eigenvalue weighted by Gasteiger charge is -2.46. The number of aryl methyl sites for hydroxylation is 1. The van der Waals surface area contributed by atoms with Crippen LogP contribution in [0.1, 0.15) is 32.3 Å². The average molecular weight is 248 g/mol. The molecule has 4 heteroatoms. The summed E-state index contributed by atoms with van der Waals surface area (Å²) < 4.78 is 1.89. The Labute approximate surface area is 109 Å². The molecular weight excluding hydrogens is 224 g/mol. The van der Waals surface area contributed by atoms with Gasteiger partial charge in [0.15, 0.2) is 0 Å². The monoisotopic (exact) mass is 248 g/mol. The van der Waals surface area contributed by atoms with Crippen molar-refractivity contribution in [3.63, 3.8) is 0 Å². The van der Waals surface area contributed by atoms with Gasteiger partial charge in [0, 0.05) is 50.0 Å². The molecule has 100 valence electrons. The van der Waals surface area contributed by atoms with Gasteiger partial charge in [0.05, 0.1) is 6.20 Å². The summed E-state index contributed by atoms with van der Waals surface area (Å²) in [5.74, 6) is 0.928. The molecule has 1 aromatic heterocycles. The van der Waals surface area contributed by atoms with Crippen LogP contribution in [0.2, 0.25) is 0 Å². The molecule has 2 fully saturated rings. The van der Waals surface area contributed by atoms with E-state index in [1.807, 2.05) is 17.9 Å². The Kier molecular flexibility index (Phi) is 2.94. The number of rotatable bonds is 3. The summed E-state index contributed by atoms with van der Waals surface area (Å²) in [5.41, 5.74) is 1.56. The molecule has 2 aliphatic rings. The standard InChI is InChI=1S/C14H24N4/c1-14(2)10-15-13(12-4-5-12)9-18(14)8-11-6-16-17(3)7-11/h6-7,12-13,15H,4-5,8-10H2,1-3H3. The maximum Gasteiger partial charge on any atom is 0.0534 e. The normalized spacial score (nSPS) is 28.5. The first-order valence-corrected chi connectivity index (χ1v) is 7.00. The van der Waals surface area contributed by atoms with E-state index in [9.17, 15) is 0 Å². The summed E-state index contributed by atoms with van der Waals surface area (Å²) in [6, 6.07) is 0.703. The van der Waals surface area contributed by atoms with Crippen molar-refractivity contribution in [3.05, 3.63) is 18.0 Å². The first-order chi connectivity index (χ1) is 8.54. The van der Waals surface area contributed by atoms with Gasteiger partial charge in [-0.15, -0.1) is 0 Å². The van der Waals surface area contributed by atoms with Crippen LogP contribution in [0.3, 0.4) is 0 Å². The third kappa shape index (κ3) is 2.45. The van der Waals surface area contributed by atoms with Gasteiger partial charge in [0.25, 0.3) is 0 Å². The van der Waals surface area contributed by atoms with E-state index < -0.39 is 0 Å². The zero-order valence-corrected chi connectivity index (χ0v) is 11.7. The molecule has 1 unspecified atom stereocenters. The Morgan fingerprint density at radius 1 is 1.44 bits per heavy atom. The van der Waals surface area contributed by atoms with Gasteiger partial charge >= 0.3 is 0 Å². The Morgan fingerprint density at radius 3 is 2.83 bits per heavy atom. The topological polar surface area (TPSA) is 33.1 Å². The highest BCUT2D eigenvalue weighted by atomic mass is 15.3. The van der Waals surface area contributed by atoms with Gasteiger partial charge in [-0.3, -0.25) is 9.58 Å². The molecule has 4 nitrogen and oxygen atoms in total. The van der Waals surface area contributed by atoms with Crippen molar-refractivity contribution in [1.82, 2.24) is 20.0 Å². The van der Waals surface area contributed by atoms with E-state index in [1.165, 1.54) is 24.9 Å². The van der Waals surface area contributed by atoms with Crippen LogP contribution in [-0.2, 0) is 13.6 Å². The Hall–Kier alpha value is -0.870. The zero-order valence-electron chi connectivity index (χ0n) is 11.7. The lowest BCUT2D eigenvalue weighted by molar-refractivity contribution is 0.0533. The molecule has 0 bridgehead atoms. The van der Waals surface area contributed by atoms with Gasteiger partial charge in [-0.2, -0.15) is 5.10 Å². The van der Waals surface area contributed by atoms with Crippen LogP contribution in [0.15, 0.2) is 12.4 Å². The van der Waals surface area contributed by atoms with Crippen molar-refractivity contribution in [3.8, 4) is 0 Å². The second kappa shape index (κ2) is 4.35. The molecule has 18 heavy (non-hydrogen) atoms. The number of aromatic nitrogens is 2.